The van der Waals surface area contributed by atoms with E-state index in [9.17, 15) is 4.79 Å². The second-order valence-corrected chi connectivity index (χ2v) is 10.5. The lowest BCUT2D eigenvalue weighted by atomic mass is 10.1. The Morgan fingerprint density at radius 2 is 2.05 bits per heavy atom. The number of anilines is 4. The van der Waals surface area contributed by atoms with E-state index in [1.165, 1.54) is 0 Å². The first-order valence-electron chi connectivity index (χ1n) is 12.6. The molecule has 2 aromatic carbocycles. The van der Waals surface area contributed by atoms with Gasteiger partial charge in [0, 0.05) is 25.3 Å². The molecule has 0 saturated carbocycles. The standard InChI is InChI=1S/C29H29N5O2S/c1-3-15-33-16-7-8-20(18-33)31-28-26-25-24(13-14-30-27(25)37-28)34(29(35)32-26)23-12-11-22(17-19(23)2)36-21-9-5-4-6-10-21/h3-6,9-14,17,20,31H,1,7-8,15-16,18H2,2H3,(H,32,35). The summed E-state index contributed by atoms with van der Waals surface area (Å²) in [5, 5.41) is 8.81. The Hall–Kier alpha value is -3.88. The second kappa shape index (κ2) is 9.88. The molecule has 6 rings (SSSR count). The van der Waals surface area contributed by atoms with Crippen LogP contribution < -0.4 is 20.3 Å². The summed E-state index contributed by atoms with van der Waals surface area (Å²) in [6.07, 6.45) is 5.97. The summed E-state index contributed by atoms with van der Waals surface area (Å²) in [6.45, 7) is 8.81. The Morgan fingerprint density at radius 3 is 2.86 bits per heavy atom. The van der Waals surface area contributed by atoms with Crippen LogP contribution in [-0.4, -0.2) is 41.6 Å². The molecular weight excluding hydrogens is 482 g/mol. The minimum atomic E-state index is -0.182. The minimum absolute atomic E-state index is 0.182. The quantitative estimate of drug-likeness (QED) is 0.258. The molecule has 1 saturated heterocycles. The SMILES string of the molecule is C=CCN1CCCC(Nc2sc3nccc4c3c2NC(=O)N4c2ccc(Oc3ccccc3)cc2C)C1. The van der Waals surface area contributed by atoms with Crippen LogP contribution in [-0.2, 0) is 0 Å². The van der Waals surface area contributed by atoms with Crippen LogP contribution >= 0.6 is 11.3 Å². The smallest absolute Gasteiger partial charge is 0.331 e. The van der Waals surface area contributed by atoms with E-state index < -0.39 is 0 Å². The number of benzene rings is 2. The maximum absolute atomic E-state index is 13.5. The van der Waals surface area contributed by atoms with Gasteiger partial charge in [-0.15, -0.1) is 6.58 Å². The number of nitrogens with zero attached hydrogens (tertiary/aromatic N) is 3. The first-order chi connectivity index (χ1) is 18.1. The highest BCUT2D eigenvalue weighted by Gasteiger charge is 2.32. The van der Waals surface area contributed by atoms with Gasteiger partial charge in [-0.2, -0.15) is 0 Å². The second-order valence-electron chi connectivity index (χ2n) is 9.48. The summed E-state index contributed by atoms with van der Waals surface area (Å²) in [6, 6.07) is 17.5. The van der Waals surface area contributed by atoms with E-state index >= 15 is 0 Å². The molecule has 2 aliphatic heterocycles. The van der Waals surface area contributed by atoms with Crippen molar-refractivity contribution in [3.8, 4) is 11.5 Å². The number of urea groups is 1. The highest BCUT2D eigenvalue weighted by Crippen LogP contribution is 2.49. The molecule has 4 aromatic rings. The van der Waals surface area contributed by atoms with E-state index in [-0.39, 0.29) is 6.03 Å². The van der Waals surface area contributed by atoms with E-state index in [0.29, 0.717) is 6.04 Å². The average molecular weight is 512 g/mol. The van der Waals surface area contributed by atoms with Crippen molar-refractivity contribution < 1.29 is 9.53 Å². The molecule has 0 bridgehead atoms. The zero-order valence-corrected chi connectivity index (χ0v) is 21.6. The predicted molar refractivity (Wildman–Crippen MR) is 152 cm³/mol. The van der Waals surface area contributed by atoms with Crippen molar-refractivity contribution in [3.05, 3.63) is 79.0 Å². The van der Waals surface area contributed by atoms with Gasteiger partial charge in [-0.1, -0.05) is 35.6 Å². The van der Waals surface area contributed by atoms with Crippen LogP contribution in [0.15, 0.2) is 73.4 Å². The van der Waals surface area contributed by atoms with E-state index in [0.717, 1.165) is 81.8 Å². The number of rotatable bonds is 7. The lowest BCUT2D eigenvalue weighted by molar-refractivity contribution is 0.237. The Balaban J connectivity index is 1.31. The van der Waals surface area contributed by atoms with E-state index in [2.05, 4.69) is 27.1 Å². The predicted octanol–water partition coefficient (Wildman–Crippen LogP) is 7.14. The zero-order valence-electron chi connectivity index (χ0n) is 20.7. The van der Waals surface area contributed by atoms with Gasteiger partial charge >= 0.3 is 6.03 Å². The van der Waals surface area contributed by atoms with Crippen molar-refractivity contribution in [1.82, 2.24) is 9.88 Å². The van der Waals surface area contributed by atoms with E-state index in [1.54, 1.807) is 22.4 Å². The van der Waals surface area contributed by atoms with Crippen molar-refractivity contribution in [2.45, 2.75) is 25.8 Å². The summed E-state index contributed by atoms with van der Waals surface area (Å²) in [5.41, 5.74) is 3.41. The highest BCUT2D eigenvalue weighted by atomic mass is 32.1. The number of carbonyl (C=O) groups is 1. The molecule has 2 aliphatic rings. The van der Waals surface area contributed by atoms with Gasteiger partial charge in [0.2, 0.25) is 0 Å². The fourth-order valence-electron chi connectivity index (χ4n) is 5.20. The van der Waals surface area contributed by atoms with Gasteiger partial charge in [0.15, 0.2) is 0 Å². The van der Waals surface area contributed by atoms with Gasteiger partial charge in [0.1, 0.15) is 21.3 Å². The molecule has 4 heterocycles. The highest BCUT2D eigenvalue weighted by molar-refractivity contribution is 7.23. The maximum Gasteiger partial charge on any atom is 0.331 e. The summed E-state index contributed by atoms with van der Waals surface area (Å²) < 4.78 is 6.00. The Bertz CT molecular complexity index is 1470. The van der Waals surface area contributed by atoms with Gasteiger partial charge in [0.25, 0.3) is 0 Å². The molecule has 1 atom stereocenters. The molecule has 1 unspecified atom stereocenters. The number of thiophene rings is 1. The summed E-state index contributed by atoms with van der Waals surface area (Å²) >= 11 is 1.60. The van der Waals surface area contributed by atoms with Gasteiger partial charge in [-0.05, 0) is 68.3 Å². The van der Waals surface area contributed by atoms with Crippen LogP contribution in [0.3, 0.4) is 0 Å². The third-order valence-electron chi connectivity index (χ3n) is 6.86. The molecule has 7 nitrogen and oxygen atoms in total. The van der Waals surface area contributed by atoms with Gasteiger partial charge < -0.3 is 15.4 Å². The molecule has 1 fully saturated rings. The number of para-hydroxylation sites is 1. The van der Waals surface area contributed by atoms with Crippen LogP contribution in [0.1, 0.15) is 18.4 Å². The lowest BCUT2D eigenvalue weighted by Crippen LogP contribution is -2.42. The fraction of sp³-hybridized carbons (Fsp3) is 0.241. The number of likely N-dealkylation sites (tertiary alicyclic amines) is 1. The molecule has 0 spiro atoms. The molecule has 8 heteroatoms. The number of nitrogens with one attached hydrogen (secondary N) is 2. The van der Waals surface area contributed by atoms with Crippen LogP contribution in [0.25, 0.3) is 10.2 Å². The number of piperidine rings is 1. The molecule has 0 aliphatic carbocycles. The fourth-order valence-corrected chi connectivity index (χ4v) is 6.30. The number of hydrogen-bond acceptors (Lipinski definition) is 6. The Kier molecular flexibility index (Phi) is 6.28. The Morgan fingerprint density at radius 1 is 1.19 bits per heavy atom. The minimum Gasteiger partial charge on any atom is -0.457 e. The first kappa shape index (κ1) is 23.5. The summed E-state index contributed by atoms with van der Waals surface area (Å²) in [4.78, 5) is 23.2. The largest absolute Gasteiger partial charge is 0.457 e. The molecule has 0 radical (unpaired) electrons. The van der Waals surface area contributed by atoms with Crippen molar-refractivity contribution in [2.24, 2.45) is 0 Å². The monoisotopic (exact) mass is 511 g/mol. The third-order valence-corrected chi connectivity index (χ3v) is 7.89. The number of aryl methyl sites for hydroxylation is 1. The number of amides is 2. The van der Waals surface area contributed by atoms with Crippen molar-refractivity contribution in [1.29, 1.82) is 0 Å². The average Bonchev–Trinajstić information content (AvgIpc) is 3.24. The van der Waals surface area contributed by atoms with Crippen LogP contribution in [0.2, 0.25) is 0 Å². The van der Waals surface area contributed by atoms with E-state index in [1.807, 2.05) is 67.6 Å². The van der Waals surface area contributed by atoms with Gasteiger partial charge in [0.05, 0.1) is 22.4 Å². The van der Waals surface area contributed by atoms with Crippen molar-refractivity contribution in [3.63, 3.8) is 0 Å². The molecule has 37 heavy (non-hydrogen) atoms. The van der Waals surface area contributed by atoms with Crippen molar-refractivity contribution in [2.75, 3.05) is 35.2 Å². The first-order valence-corrected chi connectivity index (χ1v) is 13.4. The number of ether oxygens (including phenoxy) is 1. The Labute approximate surface area is 220 Å². The van der Waals surface area contributed by atoms with Crippen LogP contribution in [0.5, 0.6) is 11.5 Å². The third kappa shape index (κ3) is 4.54. The summed E-state index contributed by atoms with van der Waals surface area (Å²) in [7, 11) is 0. The van der Waals surface area contributed by atoms with Crippen LogP contribution in [0, 0.1) is 6.92 Å². The normalized spacial score (nSPS) is 17.5. The number of carbonyl (C=O) groups excluding carboxylic acids is 1. The zero-order chi connectivity index (χ0) is 25.4. The lowest BCUT2D eigenvalue weighted by Gasteiger charge is -2.33. The van der Waals surface area contributed by atoms with E-state index in [4.69, 9.17) is 4.74 Å². The molecule has 2 N–H and O–H groups in total. The number of pyridine rings is 1. The number of hydrogen-bond donors (Lipinski definition) is 2. The number of aromatic nitrogens is 1. The molecule has 2 amide bonds. The van der Waals surface area contributed by atoms with Crippen molar-refractivity contribution >= 4 is 49.6 Å². The van der Waals surface area contributed by atoms with Crippen LogP contribution in [0.4, 0.5) is 26.9 Å². The topological polar surface area (TPSA) is 69.7 Å². The van der Waals surface area contributed by atoms with Gasteiger partial charge in [-0.3, -0.25) is 9.80 Å². The molecule has 188 valence electrons. The van der Waals surface area contributed by atoms with Gasteiger partial charge in [-0.25, -0.2) is 9.78 Å². The maximum atomic E-state index is 13.5. The molecular formula is C29H29N5O2S. The molecule has 2 aromatic heterocycles. The summed E-state index contributed by atoms with van der Waals surface area (Å²) in [5.74, 6) is 1.50.